The number of isocyanates is 1. The third-order valence-corrected chi connectivity index (χ3v) is 8.42. The van der Waals surface area contributed by atoms with Crippen molar-refractivity contribution in [2.24, 2.45) is 21.2 Å². The third kappa shape index (κ3) is 97.6. The Morgan fingerprint density at radius 3 is 0.929 bits per heavy atom. The van der Waals surface area contributed by atoms with Crippen molar-refractivity contribution in [3.63, 3.8) is 0 Å². The Labute approximate surface area is 431 Å². The van der Waals surface area contributed by atoms with Gasteiger partial charge >= 0.3 is 5.97 Å². The van der Waals surface area contributed by atoms with E-state index in [4.69, 9.17) is 9.84 Å². The zero-order valence-corrected chi connectivity index (χ0v) is 50.8. The Kier molecular flexibility index (Phi) is 49.0. The number of Topliss-reactive ketones (excluding diaryl/α,β-unsaturated/α-hetero) is 2. The van der Waals surface area contributed by atoms with E-state index >= 15 is 0 Å². The van der Waals surface area contributed by atoms with Gasteiger partial charge in [-0.05, 0) is 144 Å². The van der Waals surface area contributed by atoms with Gasteiger partial charge in [-0.1, -0.05) is 96.4 Å². The summed E-state index contributed by atoms with van der Waals surface area (Å²) in [4.78, 5) is 76.2. The first-order valence-electron chi connectivity index (χ1n) is 22.9. The number of carbonyl (C=O) groups excluding carboxylic acids is 7. The average molecular weight is 1020 g/mol. The molecule has 0 fully saturated rings. The predicted octanol–water partition coefficient (Wildman–Crippen LogP) is 12.7. The van der Waals surface area contributed by atoms with Crippen molar-refractivity contribution in [3.8, 4) is 0 Å². The molecule has 0 aliphatic carbocycles. The summed E-state index contributed by atoms with van der Waals surface area (Å²) < 4.78 is 25.9. The van der Waals surface area contributed by atoms with E-state index in [1.807, 2.05) is 152 Å². The molecule has 0 aromatic heterocycles. The quantitative estimate of drug-likeness (QED) is 0.104. The van der Waals surface area contributed by atoms with E-state index in [1.54, 1.807) is 48.5 Å². The van der Waals surface area contributed by atoms with E-state index in [2.05, 4.69) is 35.4 Å². The number of nitrogens with one attached hydrogen (secondary N) is 2. The maximum Gasteiger partial charge on any atom is 0.303 e. The van der Waals surface area contributed by atoms with Gasteiger partial charge in [0.25, 0.3) is 0 Å². The Morgan fingerprint density at radius 2 is 0.914 bits per heavy atom. The summed E-state index contributed by atoms with van der Waals surface area (Å²) in [5, 5.41) is 15.0. The number of aliphatic hydroxyl groups is 1. The van der Waals surface area contributed by atoms with Crippen LogP contribution in [0.15, 0.2) is 42.3 Å². The zero-order chi connectivity index (χ0) is 58.8. The van der Waals surface area contributed by atoms with Crippen LogP contribution in [-0.4, -0.2) is 87.3 Å². The molecular formula is C55H111N3O11S. The molecule has 3 N–H and O–H groups in total. The molecule has 0 aromatic carbocycles. The molecule has 70 heavy (non-hydrogen) atoms. The SMILES string of the molecule is C.C=CC(=O)C(C)(C)C.C=CC(=O)NC(C)(C)C.C=CS(=O)(=O)C(C)(C)C.CC(=O)C(C)(C)C.CC(=O)NC(C)(C)C.CC(=O)OC(C)(C)C.CC(C)(C)N=C=O.CC(C)(C)O.CCC(=O)C(C)(C)C. The molecule has 0 rings (SSSR count). The van der Waals surface area contributed by atoms with Crippen LogP contribution < -0.4 is 10.6 Å². The number of hydrogen-bond acceptors (Lipinski definition) is 12. The third-order valence-electron chi connectivity index (χ3n) is 6.28. The van der Waals surface area contributed by atoms with Crippen LogP contribution in [0.3, 0.4) is 0 Å². The molecule has 0 radical (unpaired) electrons. The number of ether oxygens (including phenoxy) is 1. The van der Waals surface area contributed by atoms with Crippen molar-refractivity contribution < 1.29 is 51.8 Å². The lowest BCUT2D eigenvalue weighted by atomic mass is 9.90. The number of carbonyl (C=O) groups is 6. The van der Waals surface area contributed by atoms with Gasteiger partial charge in [-0.3, -0.25) is 28.8 Å². The summed E-state index contributed by atoms with van der Waals surface area (Å²) in [5.41, 5.74) is -1.82. The maximum absolute atomic E-state index is 10.9. The fourth-order valence-electron chi connectivity index (χ4n) is 2.60. The van der Waals surface area contributed by atoms with E-state index in [1.165, 1.54) is 32.1 Å². The number of ketones is 3. The Morgan fingerprint density at radius 1 is 0.600 bits per heavy atom. The van der Waals surface area contributed by atoms with Crippen LogP contribution in [0.4, 0.5) is 0 Å². The molecule has 2 amide bonds. The van der Waals surface area contributed by atoms with Crippen molar-refractivity contribution in [1.82, 2.24) is 10.6 Å². The largest absolute Gasteiger partial charge is 0.460 e. The van der Waals surface area contributed by atoms with Gasteiger partial charge in [0.05, 0.1) is 15.9 Å². The summed E-state index contributed by atoms with van der Waals surface area (Å²) in [7, 11) is -3.07. The molecule has 0 saturated heterocycles. The summed E-state index contributed by atoms with van der Waals surface area (Å²) in [6.45, 7) is 66.4. The lowest BCUT2D eigenvalue weighted by Gasteiger charge is -2.18. The van der Waals surface area contributed by atoms with Crippen LogP contribution in [0.2, 0.25) is 0 Å². The molecule has 0 heterocycles. The first kappa shape index (κ1) is 88.9. The smallest absolute Gasteiger partial charge is 0.303 e. The molecule has 0 spiro atoms. The molecule has 0 bridgehead atoms. The van der Waals surface area contributed by atoms with Gasteiger partial charge in [0.15, 0.2) is 15.6 Å². The number of hydrogen-bond donors (Lipinski definition) is 3. The minimum Gasteiger partial charge on any atom is -0.460 e. The number of amides is 2. The van der Waals surface area contributed by atoms with E-state index in [-0.39, 0.29) is 75.2 Å². The lowest BCUT2D eigenvalue weighted by Crippen LogP contribution is -2.39. The molecule has 0 aliphatic rings. The van der Waals surface area contributed by atoms with Gasteiger partial charge in [0.2, 0.25) is 17.9 Å². The normalized spacial score (nSPS) is 11.1. The van der Waals surface area contributed by atoms with Gasteiger partial charge in [0, 0.05) is 53.0 Å². The number of aliphatic imine (C=N–C) groups is 1. The van der Waals surface area contributed by atoms with Gasteiger partial charge in [-0.25, -0.2) is 18.2 Å². The fraction of sp³-hybridized carbons (Fsp3) is 0.764. The summed E-state index contributed by atoms with van der Waals surface area (Å²) >= 11 is 0. The van der Waals surface area contributed by atoms with Gasteiger partial charge in [-0.2, -0.15) is 0 Å². The predicted molar refractivity (Wildman–Crippen MR) is 298 cm³/mol. The summed E-state index contributed by atoms with van der Waals surface area (Å²) in [6, 6.07) is 0. The fourth-order valence-corrected chi connectivity index (χ4v) is 3.10. The van der Waals surface area contributed by atoms with Crippen molar-refractivity contribution in [3.05, 3.63) is 37.3 Å². The van der Waals surface area contributed by atoms with Crippen LogP contribution >= 0.6 is 0 Å². The highest BCUT2D eigenvalue weighted by molar-refractivity contribution is 7.95. The molecule has 0 atom stereocenters. The Bertz CT molecular complexity index is 1630. The first-order valence-corrected chi connectivity index (χ1v) is 24.4. The highest BCUT2D eigenvalue weighted by Gasteiger charge is 2.25. The van der Waals surface area contributed by atoms with Crippen molar-refractivity contribution in [2.75, 3.05) is 0 Å². The number of sulfone groups is 1. The minimum absolute atomic E-state index is 0. The van der Waals surface area contributed by atoms with Crippen LogP contribution in [0, 0.1) is 16.2 Å². The Balaban J connectivity index is -0.0000000724. The monoisotopic (exact) mass is 1020 g/mol. The second-order valence-corrected chi connectivity index (χ2v) is 27.2. The molecule has 0 aliphatic heterocycles. The molecular weight excluding hydrogens is 911 g/mol. The van der Waals surface area contributed by atoms with E-state index in [9.17, 15) is 42.0 Å². The van der Waals surface area contributed by atoms with Crippen molar-refractivity contribution in [2.45, 2.75) is 261 Å². The molecule has 14 nitrogen and oxygen atoms in total. The topological polar surface area (TPSA) is 220 Å². The number of esters is 1. The van der Waals surface area contributed by atoms with E-state index < -0.39 is 20.2 Å². The van der Waals surface area contributed by atoms with Crippen molar-refractivity contribution in [1.29, 1.82) is 0 Å². The minimum atomic E-state index is -3.07. The van der Waals surface area contributed by atoms with Crippen LogP contribution in [0.25, 0.3) is 0 Å². The molecule has 0 aromatic rings. The molecule has 418 valence electrons. The second-order valence-electron chi connectivity index (χ2n) is 24.6. The zero-order valence-electron chi connectivity index (χ0n) is 49.9. The first-order chi connectivity index (χ1) is 29.6. The molecule has 0 saturated carbocycles. The van der Waals surface area contributed by atoms with E-state index in [0.717, 1.165) is 5.41 Å². The maximum atomic E-state index is 10.9. The number of allylic oxidation sites excluding steroid dienone is 1. The summed E-state index contributed by atoms with van der Waals surface area (Å²) in [6.07, 6.45) is 4.77. The standard InChI is InChI=1S/C7H13NO.C7H14O.C7H12O.C6H13NO.C6H12O2S.C6H12O2.C6H12O.C5H9NO.C4H10O.CH4/c1-5-6(9)8-7(2,3)4;2*1-5-6(8)7(2,3)4;1-5(8)7-6(2,3)4;1-5-9(7,8)6(2,3)4;1-5(7)8-6(2,3)4;1-5(7)6(2,3)4;1-5(2,3)6-4-7;1-4(2,3)5;/h5H,1H2,2-4H3,(H,8,9);5H2,1-4H3;5H,1H2,2-4H3;1-4H3,(H,7,8);5H,1H2,2-4H3;1-4H3;1-4H3;1-3H3;5H,1-3H3;1H4. The van der Waals surface area contributed by atoms with Crippen LogP contribution in [0.1, 0.15) is 228 Å². The molecule has 0 unspecified atom stereocenters. The van der Waals surface area contributed by atoms with E-state index in [0.29, 0.717) is 12.2 Å². The highest BCUT2D eigenvalue weighted by atomic mass is 32.2. The van der Waals surface area contributed by atoms with Gasteiger partial charge in [0.1, 0.15) is 17.2 Å². The molecule has 15 heteroatoms. The second kappa shape index (κ2) is 38.6. The lowest BCUT2D eigenvalue weighted by molar-refractivity contribution is -0.152. The number of rotatable bonds is 4. The highest BCUT2D eigenvalue weighted by Crippen LogP contribution is 2.17. The van der Waals surface area contributed by atoms with Crippen molar-refractivity contribution >= 4 is 51.1 Å². The van der Waals surface area contributed by atoms with Crippen LogP contribution in [0.5, 0.6) is 0 Å². The van der Waals surface area contributed by atoms with Gasteiger partial charge in [-0.15, -0.1) is 0 Å². The average Bonchev–Trinajstić information content (AvgIpc) is 3.03. The Hall–Kier alpha value is -4.07. The van der Waals surface area contributed by atoms with Gasteiger partial charge < -0.3 is 20.5 Å². The van der Waals surface area contributed by atoms with Crippen LogP contribution in [-0.2, 0) is 48.1 Å². The number of nitrogens with zero attached hydrogens (tertiary/aromatic N) is 1. The summed E-state index contributed by atoms with van der Waals surface area (Å²) in [5.74, 6) is 0.347.